The van der Waals surface area contributed by atoms with E-state index in [4.69, 9.17) is 28.6 Å². The molecular weight excluding hydrogens is 348 g/mol. The molecule has 1 saturated heterocycles. The third kappa shape index (κ3) is 3.06. The van der Waals surface area contributed by atoms with Crippen LogP contribution in [0.2, 0.25) is 5.02 Å². The lowest BCUT2D eigenvalue weighted by Gasteiger charge is -2.14. The number of anilines is 1. The van der Waals surface area contributed by atoms with Crippen LogP contribution in [0.5, 0.6) is 11.5 Å². The number of nitrogens with one attached hydrogen (secondary N) is 1. The number of methoxy groups -OCH3 is 1. The Morgan fingerprint density at radius 3 is 2.62 bits per heavy atom. The van der Waals surface area contributed by atoms with Gasteiger partial charge in [0.25, 0.3) is 5.91 Å². The maximum absolute atomic E-state index is 12.6. The molecule has 7 heteroatoms. The molecule has 1 fully saturated rings. The molecule has 0 spiro atoms. The van der Waals surface area contributed by atoms with Gasteiger partial charge in [0.15, 0.2) is 5.11 Å². The van der Waals surface area contributed by atoms with E-state index in [-0.39, 0.29) is 22.5 Å². The highest BCUT2D eigenvalue weighted by molar-refractivity contribution is 7.80. The van der Waals surface area contributed by atoms with Crippen LogP contribution in [0.1, 0.15) is 5.56 Å². The molecule has 5 nitrogen and oxygen atoms in total. The van der Waals surface area contributed by atoms with Gasteiger partial charge in [0, 0.05) is 10.6 Å². The minimum Gasteiger partial charge on any atom is -0.507 e. The van der Waals surface area contributed by atoms with E-state index in [1.54, 1.807) is 43.5 Å². The standard InChI is InChI=1S/C17H13ClN2O3S/c1-23-13-5-3-12(4-6-13)20-16(22)14(19-17(20)24)9-10-8-11(18)2-7-15(10)21/h2-9,21H,1H3,(H,19,24)/b14-9+. The summed E-state index contributed by atoms with van der Waals surface area (Å²) in [5, 5.41) is 13.5. The van der Waals surface area contributed by atoms with E-state index in [1.807, 2.05) is 0 Å². The van der Waals surface area contributed by atoms with Gasteiger partial charge in [-0.05, 0) is 60.8 Å². The van der Waals surface area contributed by atoms with Crippen LogP contribution in [0.15, 0.2) is 48.2 Å². The second-order valence-electron chi connectivity index (χ2n) is 5.03. The summed E-state index contributed by atoms with van der Waals surface area (Å²) in [5.74, 6) is 0.392. The van der Waals surface area contributed by atoms with Crippen molar-refractivity contribution < 1.29 is 14.6 Å². The zero-order valence-electron chi connectivity index (χ0n) is 12.6. The lowest BCUT2D eigenvalue weighted by atomic mass is 10.1. The molecule has 0 saturated carbocycles. The number of phenols is 1. The monoisotopic (exact) mass is 360 g/mol. The van der Waals surface area contributed by atoms with Crippen molar-refractivity contribution in [3.63, 3.8) is 0 Å². The highest BCUT2D eigenvalue weighted by atomic mass is 35.5. The number of hydrogen-bond acceptors (Lipinski definition) is 4. The van der Waals surface area contributed by atoms with E-state index in [0.717, 1.165) is 0 Å². The Hall–Kier alpha value is -2.57. The van der Waals surface area contributed by atoms with Crippen molar-refractivity contribution in [2.75, 3.05) is 12.0 Å². The third-order valence-electron chi connectivity index (χ3n) is 3.50. The molecule has 0 atom stereocenters. The summed E-state index contributed by atoms with van der Waals surface area (Å²) in [5.41, 5.74) is 1.31. The number of phenolic OH excluding ortho intramolecular Hbond substituents is 1. The maximum Gasteiger partial charge on any atom is 0.281 e. The van der Waals surface area contributed by atoms with Crippen molar-refractivity contribution in [1.29, 1.82) is 0 Å². The molecule has 1 aliphatic rings. The maximum atomic E-state index is 12.6. The van der Waals surface area contributed by atoms with Gasteiger partial charge in [-0.15, -0.1) is 0 Å². The molecule has 2 aromatic carbocycles. The molecule has 24 heavy (non-hydrogen) atoms. The van der Waals surface area contributed by atoms with Gasteiger partial charge >= 0.3 is 0 Å². The summed E-state index contributed by atoms with van der Waals surface area (Å²) in [6.45, 7) is 0. The number of aromatic hydroxyl groups is 1. The summed E-state index contributed by atoms with van der Waals surface area (Å²) in [6.07, 6.45) is 1.51. The van der Waals surface area contributed by atoms with Crippen LogP contribution in [0.3, 0.4) is 0 Å². The number of nitrogens with zero attached hydrogens (tertiary/aromatic N) is 1. The fourth-order valence-corrected chi connectivity index (χ4v) is 2.78. The highest BCUT2D eigenvalue weighted by Gasteiger charge is 2.32. The highest BCUT2D eigenvalue weighted by Crippen LogP contribution is 2.27. The van der Waals surface area contributed by atoms with Crippen molar-refractivity contribution in [1.82, 2.24) is 5.32 Å². The number of hydrogen-bond donors (Lipinski definition) is 2. The first-order valence-corrected chi connectivity index (χ1v) is 7.78. The first-order chi connectivity index (χ1) is 11.5. The summed E-state index contributed by atoms with van der Waals surface area (Å²) in [6, 6.07) is 11.6. The topological polar surface area (TPSA) is 61.8 Å². The van der Waals surface area contributed by atoms with E-state index in [9.17, 15) is 9.90 Å². The Kier molecular flexibility index (Phi) is 4.42. The van der Waals surface area contributed by atoms with Crippen LogP contribution in [0.25, 0.3) is 6.08 Å². The van der Waals surface area contributed by atoms with Gasteiger partial charge < -0.3 is 15.2 Å². The van der Waals surface area contributed by atoms with Gasteiger partial charge in [0.2, 0.25) is 0 Å². The molecule has 0 aliphatic carbocycles. The number of thiocarbonyl (C=S) groups is 1. The average molecular weight is 361 g/mol. The van der Waals surface area contributed by atoms with E-state index < -0.39 is 0 Å². The van der Waals surface area contributed by atoms with Gasteiger partial charge in [-0.2, -0.15) is 0 Å². The molecule has 0 unspecified atom stereocenters. The number of amides is 1. The molecule has 3 rings (SSSR count). The Balaban J connectivity index is 1.93. The van der Waals surface area contributed by atoms with Gasteiger partial charge in [-0.25, -0.2) is 0 Å². The van der Waals surface area contributed by atoms with Gasteiger partial charge in [-0.3, -0.25) is 9.69 Å². The Bertz CT molecular complexity index is 849. The molecule has 1 amide bonds. The van der Waals surface area contributed by atoms with Crippen LogP contribution in [0, 0.1) is 0 Å². The molecular formula is C17H13ClN2O3S. The second kappa shape index (κ2) is 6.51. The van der Waals surface area contributed by atoms with Gasteiger partial charge in [0.05, 0.1) is 12.8 Å². The predicted octanol–water partition coefficient (Wildman–Crippen LogP) is 3.32. The fourth-order valence-electron chi connectivity index (χ4n) is 2.30. The largest absolute Gasteiger partial charge is 0.507 e. The molecule has 1 heterocycles. The number of ether oxygens (including phenoxy) is 1. The molecule has 1 aliphatic heterocycles. The molecule has 2 aromatic rings. The number of rotatable bonds is 3. The first kappa shape index (κ1) is 16.3. The quantitative estimate of drug-likeness (QED) is 0.649. The second-order valence-corrected chi connectivity index (χ2v) is 5.85. The van der Waals surface area contributed by atoms with Crippen molar-refractivity contribution in [2.45, 2.75) is 0 Å². The normalized spacial score (nSPS) is 15.8. The predicted molar refractivity (Wildman–Crippen MR) is 97.3 cm³/mol. The number of halogens is 1. The van der Waals surface area contributed by atoms with E-state index in [0.29, 0.717) is 22.0 Å². The van der Waals surface area contributed by atoms with E-state index >= 15 is 0 Å². The zero-order chi connectivity index (χ0) is 17.3. The SMILES string of the molecule is COc1ccc(N2C(=O)/C(=C\c3cc(Cl)ccc3O)NC2=S)cc1. The number of carbonyl (C=O) groups excluding carboxylic acids is 1. The number of carbonyl (C=O) groups is 1. The summed E-state index contributed by atoms with van der Waals surface area (Å²) in [7, 11) is 1.57. The molecule has 122 valence electrons. The molecule has 0 aromatic heterocycles. The molecule has 0 radical (unpaired) electrons. The van der Waals surface area contributed by atoms with Crippen LogP contribution in [0.4, 0.5) is 5.69 Å². The van der Waals surface area contributed by atoms with Crippen molar-refractivity contribution in [3.05, 3.63) is 58.7 Å². The Morgan fingerprint density at radius 2 is 1.96 bits per heavy atom. The van der Waals surface area contributed by atoms with Crippen LogP contribution in [-0.2, 0) is 4.79 Å². The smallest absolute Gasteiger partial charge is 0.281 e. The minimum atomic E-state index is -0.315. The summed E-state index contributed by atoms with van der Waals surface area (Å²) >= 11 is 11.2. The van der Waals surface area contributed by atoms with Crippen LogP contribution in [-0.4, -0.2) is 23.2 Å². The first-order valence-electron chi connectivity index (χ1n) is 6.99. The van der Waals surface area contributed by atoms with Gasteiger partial charge in [0.1, 0.15) is 17.2 Å². The summed E-state index contributed by atoms with van der Waals surface area (Å²) in [4.78, 5) is 14.0. The lowest BCUT2D eigenvalue weighted by Crippen LogP contribution is -2.30. The summed E-state index contributed by atoms with van der Waals surface area (Å²) < 4.78 is 5.11. The molecule has 0 bridgehead atoms. The lowest BCUT2D eigenvalue weighted by molar-refractivity contribution is -0.113. The van der Waals surface area contributed by atoms with Crippen molar-refractivity contribution in [2.24, 2.45) is 0 Å². The van der Waals surface area contributed by atoms with Gasteiger partial charge in [-0.1, -0.05) is 11.6 Å². The van der Waals surface area contributed by atoms with E-state index in [1.165, 1.54) is 17.0 Å². The van der Waals surface area contributed by atoms with Crippen molar-refractivity contribution in [3.8, 4) is 11.5 Å². The number of benzene rings is 2. The third-order valence-corrected chi connectivity index (χ3v) is 4.02. The molecule has 2 N–H and O–H groups in total. The van der Waals surface area contributed by atoms with Crippen LogP contribution >= 0.6 is 23.8 Å². The zero-order valence-corrected chi connectivity index (χ0v) is 14.2. The van der Waals surface area contributed by atoms with Crippen molar-refractivity contribution >= 4 is 46.6 Å². The average Bonchev–Trinajstić information content (AvgIpc) is 2.85. The van der Waals surface area contributed by atoms with E-state index in [2.05, 4.69) is 5.32 Å². The van der Waals surface area contributed by atoms with Crippen LogP contribution < -0.4 is 15.0 Å². The minimum absolute atomic E-state index is 0.0234. The Labute approximate surface area is 149 Å². The Morgan fingerprint density at radius 1 is 1.25 bits per heavy atom. The fraction of sp³-hybridized carbons (Fsp3) is 0.0588.